The summed E-state index contributed by atoms with van der Waals surface area (Å²) in [6, 6.07) is 9.42. The van der Waals surface area contributed by atoms with Gasteiger partial charge in [-0.15, -0.1) is 5.10 Å². The highest BCUT2D eigenvalue weighted by atomic mass is 16.5. The number of anilines is 1. The fourth-order valence-electron chi connectivity index (χ4n) is 5.92. The molecule has 3 fully saturated rings. The number of nitrogens with zero attached hydrogens (tertiary/aromatic N) is 4. The normalized spacial score (nSPS) is 27.9. The van der Waals surface area contributed by atoms with Gasteiger partial charge < -0.3 is 19.0 Å². The summed E-state index contributed by atoms with van der Waals surface area (Å²) in [4.78, 5) is 17.6. The lowest BCUT2D eigenvalue weighted by Crippen LogP contribution is -2.65. The molecule has 1 amide bonds. The Bertz CT molecular complexity index is 929. The Balaban J connectivity index is 1.43. The first kappa shape index (κ1) is 20.3. The molecule has 0 aliphatic carbocycles. The molecule has 0 N–H and O–H groups in total. The van der Waals surface area contributed by atoms with E-state index in [1.165, 1.54) is 5.56 Å². The third kappa shape index (κ3) is 3.90. The quantitative estimate of drug-likeness (QED) is 0.707. The van der Waals surface area contributed by atoms with Crippen molar-refractivity contribution in [3.63, 3.8) is 0 Å². The molecule has 0 radical (unpaired) electrons. The van der Waals surface area contributed by atoms with Crippen LogP contribution in [0.2, 0.25) is 0 Å². The number of hydrogen-bond acceptors (Lipinski definition) is 6. The highest BCUT2D eigenvalue weighted by Gasteiger charge is 2.49. The number of aryl methyl sites for hydroxylation is 1. The minimum atomic E-state index is 0.196. The number of benzene rings is 1. The van der Waals surface area contributed by atoms with Gasteiger partial charge in [-0.05, 0) is 61.6 Å². The van der Waals surface area contributed by atoms with Gasteiger partial charge in [-0.3, -0.25) is 4.79 Å². The summed E-state index contributed by atoms with van der Waals surface area (Å²) in [5.74, 6) is 2.77. The molecule has 1 aromatic heterocycles. The Morgan fingerprint density at radius 1 is 1.23 bits per heavy atom. The summed E-state index contributed by atoms with van der Waals surface area (Å²) < 4.78 is 11.4. The summed E-state index contributed by atoms with van der Waals surface area (Å²) in [6.45, 7) is 3.87. The Morgan fingerprint density at radius 2 is 2.10 bits per heavy atom. The first-order chi connectivity index (χ1) is 15.2. The first-order valence-corrected chi connectivity index (χ1v) is 11.7. The van der Waals surface area contributed by atoms with E-state index >= 15 is 0 Å². The van der Waals surface area contributed by atoms with E-state index in [1.807, 2.05) is 12.1 Å². The van der Waals surface area contributed by atoms with Crippen molar-refractivity contribution in [3.05, 3.63) is 35.7 Å². The second kappa shape index (κ2) is 8.52. The first-order valence-electron chi connectivity index (χ1n) is 11.7. The smallest absolute Gasteiger partial charge is 0.318 e. The summed E-state index contributed by atoms with van der Waals surface area (Å²) in [5.41, 5.74) is 1.22. The summed E-state index contributed by atoms with van der Waals surface area (Å²) in [7, 11) is 1.70. The second-order valence-corrected chi connectivity index (χ2v) is 9.27. The number of ether oxygens (including phenoxy) is 1. The van der Waals surface area contributed by atoms with Gasteiger partial charge in [0, 0.05) is 38.0 Å². The van der Waals surface area contributed by atoms with E-state index in [2.05, 4.69) is 39.1 Å². The van der Waals surface area contributed by atoms with E-state index < -0.39 is 0 Å². The van der Waals surface area contributed by atoms with E-state index in [9.17, 15) is 4.79 Å². The zero-order chi connectivity index (χ0) is 21.4. The second-order valence-electron chi connectivity index (χ2n) is 9.27. The van der Waals surface area contributed by atoms with E-state index in [4.69, 9.17) is 9.15 Å². The van der Waals surface area contributed by atoms with Crippen LogP contribution in [0.1, 0.15) is 50.5 Å². The van der Waals surface area contributed by atoms with Gasteiger partial charge in [-0.2, -0.15) is 0 Å². The molecule has 1 aromatic carbocycles. The third-order valence-electron chi connectivity index (χ3n) is 7.27. The molecule has 4 heterocycles. The highest BCUT2D eigenvalue weighted by Crippen LogP contribution is 2.43. The molecule has 0 saturated carbocycles. The molecular weight excluding hydrogens is 392 g/mol. The van der Waals surface area contributed by atoms with Gasteiger partial charge in [0.15, 0.2) is 0 Å². The van der Waals surface area contributed by atoms with E-state index in [1.54, 1.807) is 7.11 Å². The van der Waals surface area contributed by atoms with Crippen LogP contribution in [0.25, 0.3) is 0 Å². The number of amides is 1. The molecule has 2 bridgehead atoms. The van der Waals surface area contributed by atoms with E-state index in [-0.39, 0.29) is 6.04 Å². The van der Waals surface area contributed by atoms with Gasteiger partial charge >= 0.3 is 6.01 Å². The molecule has 0 unspecified atom stereocenters. The summed E-state index contributed by atoms with van der Waals surface area (Å²) in [6.07, 6.45) is 6.60. The molecular formula is C24H32N4O3. The maximum atomic E-state index is 13.1. The summed E-state index contributed by atoms with van der Waals surface area (Å²) >= 11 is 0. The van der Waals surface area contributed by atoms with Crippen LogP contribution in [-0.2, 0) is 17.6 Å². The predicted molar refractivity (Wildman–Crippen MR) is 117 cm³/mol. The van der Waals surface area contributed by atoms with E-state index in [0.29, 0.717) is 36.2 Å². The molecule has 166 valence electrons. The number of carbonyl (C=O) groups is 1. The van der Waals surface area contributed by atoms with Crippen molar-refractivity contribution >= 4 is 11.9 Å². The standard InChI is InChI=1S/C24H32N4O3/c1-3-6-22-25-26-24(31-22)27-14-17-13-18(15-27)21(28-20(17)9-5-10-23(28)29)12-16-7-4-8-19(11-16)30-2/h4,7-8,11,17-18,20-21H,3,5-6,9-10,12-15H2,1-2H3/t17-,18+,20+,21+/m1/s1. The lowest BCUT2D eigenvalue weighted by Gasteiger charge is -2.56. The molecule has 3 saturated heterocycles. The van der Waals surface area contributed by atoms with Gasteiger partial charge in [0.25, 0.3) is 0 Å². The maximum absolute atomic E-state index is 13.1. The number of piperidine rings is 3. The Labute approximate surface area is 183 Å². The number of methoxy groups -OCH3 is 1. The van der Waals surface area contributed by atoms with Crippen LogP contribution in [0.5, 0.6) is 5.75 Å². The largest absolute Gasteiger partial charge is 0.497 e. The van der Waals surface area contributed by atoms with Crippen LogP contribution in [0, 0.1) is 11.8 Å². The molecule has 4 atom stereocenters. The number of aromatic nitrogens is 2. The third-order valence-corrected chi connectivity index (χ3v) is 7.27. The summed E-state index contributed by atoms with van der Waals surface area (Å²) in [5, 5.41) is 8.59. The molecule has 7 nitrogen and oxygen atoms in total. The van der Waals surface area contributed by atoms with Crippen molar-refractivity contribution in [1.29, 1.82) is 0 Å². The molecule has 5 rings (SSSR count). The van der Waals surface area contributed by atoms with Crippen LogP contribution in [0.3, 0.4) is 0 Å². The Hall–Kier alpha value is -2.57. The van der Waals surface area contributed by atoms with Gasteiger partial charge in [0.05, 0.1) is 7.11 Å². The maximum Gasteiger partial charge on any atom is 0.318 e. The van der Waals surface area contributed by atoms with Gasteiger partial charge in [-0.25, -0.2) is 0 Å². The van der Waals surface area contributed by atoms with E-state index in [0.717, 1.165) is 63.3 Å². The van der Waals surface area contributed by atoms with Crippen LogP contribution >= 0.6 is 0 Å². The minimum absolute atomic E-state index is 0.196. The minimum Gasteiger partial charge on any atom is -0.497 e. The van der Waals surface area contributed by atoms with Crippen molar-refractivity contribution < 1.29 is 13.9 Å². The monoisotopic (exact) mass is 424 g/mol. The molecule has 3 aliphatic rings. The number of fused-ring (bicyclic) bond motifs is 4. The Morgan fingerprint density at radius 3 is 2.94 bits per heavy atom. The van der Waals surface area contributed by atoms with Crippen LogP contribution < -0.4 is 9.64 Å². The number of hydrogen-bond donors (Lipinski definition) is 0. The molecule has 0 spiro atoms. The fraction of sp³-hybridized carbons (Fsp3) is 0.625. The van der Waals surface area contributed by atoms with Crippen molar-refractivity contribution in [2.24, 2.45) is 11.8 Å². The lowest BCUT2D eigenvalue weighted by atomic mass is 9.71. The van der Waals surface area contributed by atoms with Crippen LogP contribution in [0.15, 0.2) is 28.7 Å². The molecule has 3 aliphatic heterocycles. The average Bonchev–Trinajstić information content (AvgIpc) is 3.26. The SMILES string of the molecule is CCCc1nnc(N2C[C@H]3C[C@@H](C2)[C@H](Cc2cccc(OC)c2)N2C(=O)CCC[C@@H]32)o1. The number of carbonyl (C=O) groups excluding carboxylic acids is 1. The van der Waals surface area contributed by atoms with Crippen molar-refractivity contribution in [1.82, 2.24) is 15.1 Å². The average molecular weight is 425 g/mol. The van der Waals surface area contributed by atoms with Crippen LogP contribution in [-0.4, -0.2) is 53.3 Å². The van der Waals surface area contributed by atoms with Gasteiger partial charge in [0.1, 0.15) is 5.75 Å². The van der Waals surface area contributed by atoms with Gasteiger partial charge in [-0.1, -0.05) is 24.2 Å². The van der Waals surface area contributed by atoms with Crippen molar-refractivity contribution in [2.45, 2.75) is 64.0 Å². The van der Waals surface area contributed by atoms with Crippen molar-refractivity contribution in [2.75, 3.05) is 25.1 Å². The lowest BCUT2D eigenvalue weighted by molar-refractivity contribution is -0.148. The molecule has 7 heteroatoms. The topological polar surface area (TPSA) is 71.7 Å². The zero-order valence-corrected chi connectivity index (χ0v) is 18.5. The Kier molecular flexibility index (Phi) is 5.59. The van der Waals surface area contributed by atoms with Crippen LogP contribution in [0.4, 0.5) is 6.01 Å². The molecule has 31 heavy (non-hydrogen) atoms. The fourth-order valence-corrected chi connectivity index (χ4v) is 5.92. The van der Waals surface area contributed by atoms with Gasteiger partial charge in [0.2, 0.25) is 11.8 Å². The highest BCUT2D eigenvalue weighted by molar-refractivity contribution is 5.78. The zero-order valence-electron chi connectivity index (χ0n) is 18.5. The van der Waals surface area contributed by atoms with Crippen molar-refractivity contribution in [3.8, 4) is 5.75 Å². The molecule has 2 aromatic rings. The number of rotatable bonds is 6. The predicted octanol–water partition coefficient (Wildman–Crippen LogP) is 3.48.